The van der Waals surface area contributed by atoms with Gasteiger partial charge in [0.2, 0.25) is 0 Å². The highest BCUT2D eigenvalue weighted by atomic mass is 19.4. The van der Waals surface area contributed by atoms with Gasteiger partial charge in [-0.3, -0.25) is 9.80 Å². The molecule has 0 unspecified atom stereocenters. The number of rotatable bonds is 5. The van der Waals surface area contributed by atoms with Gasteiger partial charge >= 0.3 is 12.1 Å². The number of halogens is 3. The number of aromatic carboxylic acids is 1. The van der Waals surface area contributed by atoms with Gasteiger partial charge in [0.1, 0.15) is 0 Å². The number of hydrogen-bond donors (Lipinski definition) is 1. The quantitative estimate of drug-likeness (QED) is 0.538. The predicted octanol–water partition coefficient (Wildman–Crippen LogP) is 4.92. The molecule has 1 N–H and O–H groups in total. The molecule has 2 saturated heterocycles. The summed E-state index contributed by atoms with van der Waals surface area (Å²) >= 11 is 0. The summed E-state index contributed by atoms with van der Waals surface area (Å²) < 4.78 is 45.9. The van der Waals surface area contributed by atoms with Gasteiger partial charge in [0.15, 0.2) is 0 Å². The summed E-state index contributed by atoms with van der Waals surface area (Å²) in [6.07, 6.45) is -2.62. The van der Waals surface area contributed by atoms with E-state index in [1.807, 2.05) is 0 Å². The van der Waals surface area contributed by atoms with Crippen LogP contribution >= 0.6 is 0 Å². The fourth-order valence-electron chi connectivity index (χ4n) is 5.34. The number of nitrogens with zero attached hydrogens (tertiary/aromatic N) is 3. The molecule has 2 aromatic carbocycles. The molecule has 2 aliphatic heterocycles. The number of pyridine rings is 1. The van der Waals surface area contributed by atoms with Crippen LogP contribution in [-0.4, -0.2) is 71.3 Å². The van der Waals surface area contributed by atoms with Crippen LogP contribution in [0.2, 0.25) is 0 Å². The Hall–Kier alpha value is -3.01. The maximum Gasteiger partial charge on any atom is 0.416 e. The van der Waals surface area contributed by atoms with Crippen molar-refractivity contribution in [2.75, 3.05) is 39.4 Å². The number of alkyl halides is 3. The van der Waals surface area contributed by atoms with Gasteiger partial charge in [-0.1, -0.05) is 30.3 Å². The molecule has 36 heavy (non-hydrogen) atoms. The first kappa shape index (κ1) is 24.7. The number of carboxylic acid groups (broad SMARTS) is 1. The molecule has 190 valence electrons. The Labute approximate surface area is 207 Å². The average molecular weight is 500 g/mol. The first-order valence-electron chi connectivity index (χ1n) is 12.2. The highest BCUT2D eigenvalue weighted by Gasteiger charge is 2.32. The molecule has 2 fully saturated rings. The van der Waals surface area contributed by atoms with Crippen molar-refractivity contribution >= 4 is 16.9 Å². The topological polar surface area (TPSA) is 65.9 Å². The summed E-state index contributed by atoms with van der Waals surface area (Å²) in [7, 11) is 0. The molecule has 0 atom stereocenters. The number of para-hydroxylation sites is 1. The number of piperidine rings is 1. The first-order valence-corrected chi connectivity index (χ1v) is 12.2. The highest BCUT2D eigenvalue weighted by Crippen LogP contribution is 2.36. The van der Waals surface area contributed by atoms with Gasteiger partial charge in [0, 0.05) is 42.2 Å². The molecule has 0 bridgehead atoms. The fraction of sp³-hybridized carbons (Fsp3) is 0.407. The number of likely N-dealkylation sites (tertiary alicyclic amines) is 1. The second-order valence-electron chi connectivity index (χ2n) is 9.37. The van der Waals surface area contributed by atoms with Crippen LogP contribution in [0.5, 0.6) is 0 Å². The number of carboxylic acids is 1. The monoisotopic (exact) mass is 499 g/mol. The number of aromatic nitrogens is 1. The maximum atomic E-state index is 13.5. The first-order chi connectivity index (χ1) is 17.3. The molecular formula is C27H28F3N3O3. The van der Waals surface area contributed by atoms with Crippen molar-refractivity contribution in [3.05, 3.63) is 65.2 Å². The van der Waals surface area contributed by atoms with E-state index in [1.54, 1.807) is 30.3 Å². The molecule has 0 saturated carbocycles. The van der Waals surface area contributed by atoms with Gasteiger partial charge in [-0.05, 0) is 44.1 Å². The Morgan fingerprint density at radius 2 is 1.75 bits per heavy atom. The van der Waals surface area contributed by atoms with Crippen molar-refractivity contribution in [3.8, 4) is 11.3 Å². The van der Waals surface area contributed by atoms with Crippen LogP contribution in [0.1, 0.15) is 34.3 Å². The van der Waals surface area contributed by atoms with E-state index in [0.717, 1.165) is 64.4 Å². The molecule has 0 aliphatic carbocycles. The van der Waals surface area contributed by atoms with Crippen LogP contribution in [0.3, 0.4) is 0 Å². The van der Waals surface area contributed by atoms with Crippen LogP contribution in [0.25, 0.3) is 22.2 Å². The van der Waals surface area contributed by atoms with Crippen molar-refractivity contribution in [2.45, 2.75) is 31.6 Å². The van der Waals surface area contributed by atoms with Crippen molar-refractivity contribution < 1.29 is 27.8 Å². The molecule has 3 aromatic rings. The maximum absolute atomic E-state index is 13.5. The average Bonchev–Trinajstić information content (AvgIpc) is 2.88. The zero-order valence-electron chi connectivity index (χ0n) is 19.8. The lowest BCUT2D eigenvalue weighted by Crippen LogP contribution is -2.48. The summed E-state index contributed by atoms with van der Waals surface area (Å²) in [6, 6.07) is 12.3. The van der Waals surface area contributed by atoms with E-state index in [-0.39, 0.29) is 16.8 Å². The molecule has 1 aromatic heterocycles. The minimum absolute atomic E-state index is 0.100. The zero-order valence-corrected chi connectivity index (χ0v) is 19.8. The van der Waals surface area contributed by atoms with E-state index in [0.29, 0.717) is 29.1 Å². The van der Waals surface area contributed by atoms with E-state index < -0.39 is 17.7 Å². The van der Waals surface area contributed by atoms with E-state index in [2.05, 4.69) is 14.8 Å². The molecule has 3 heterocycles. The molecule has 0 radical (unpaired) electrons. The van der Waals surface area contributed by atoms with Crippen molar-refractivity contribution in [1.29, 1.82) is 0 Å². The van der Waals surface area contributed by atoms with Crippen LogP contribution in [0, 0.1) is 0 Å². The molecule has 2 aliphatic rings. The zero-order chi connectivity index (χ0) is 25.3. The highest BCUT2D eigenvalue weighted by molar-refractivity contribution is 6.05. The Bertz CT molecular complexity index is 1250. The third-order valence-corrected chi connectivity index (χ3v) is 7.17. The minimum Gasteiger partial charge on any atom is -0.478 e. The smallest absolute Gasteiger partial charge is 0.416 e. The molecule has 5 rings (SSSR count). The van der Waals surface area contributed by atoms with E-state index >= 15 is 0 Å². The molecule has 9 heteroatoms. The second-order valence-corrected chi connectivity index (χ2v) is 9.37. The van der Waals surface area contributed by atoms with Gasteiger partial charge in [-0.15, -0.1) is 0 Å². The normalized spacial score (nSPS) is 18.5. The summed E-state index contributed by atoms with van der Waals surface area (Å²) in [5, 5.41) is 10.7. The van der Waals surface area contributed by atoms with Crippen LogP contribution < -0.4 is 0 Å². The number of carbonyl (C=O) groups is 1. The number of fused-ring (bicyclic) bond motifs is 1. The van der Waals surface area contributed by atoms with Gasteiger partial charge in [-0.25, -0.2) is 9.78 Å². The third-order valence-electron chi connectivity index (χ3n) is 7.17. The Kier molecular flexibility index (Phi) is 6.96. The lowest BCUT2D eigenvalue weighted by atomic mass is 9.94. The minimum atomic E-state index is -4.51. The summed E-state index contributed by atoms with van der Waals surface area (Å²) in [6.45, 7) is 5.17. The summed E-state index contributed by atoms with van der Waals surface area (Å²) in [5.74, 6) is -1.11. The Morgan fingerprint density at radius 1 is 1.03 bits per heavy atom. The van der Waals surface area contributed by atoms with E-state index in [1.165, 1.54) is 6.07 Å². The number of morpholine rings is 1. The summed E-state index contributed by atoms with van der Waals surface area (Å²) in [4.78, 5) is 21.8. The fourth-order valence-corrected chi connectivity index (χ4v) is 5.34. The van der Waals surface area contributed by atoms with Gasteiger partial charge in [-0.2, -0.15) is 13.2 Å². The second kappa shape index (κ2) is 10.2. The number of benzene rings is 2. The summed E-state index contributed by atoms with van der Waals surface area (Å²) in [5.41, 5.74) is 0.749. The van der Waals surface area contributed by atoms with Crippen LogP contribution in [0.15, 0.2) is 48.5 Å². The van der Waals surface area contributed by atoms with Gasteiger partial charge in [0.25, 0.3) is 0 Å². The van der Waals surface area contributed by atoms with Crippen molar-refractivity contribution in [1.82, 2.24) is 14.8 Å². The third kappa shape index (κ3) is 5.09. The lowest BCUT2D eigenvalue weighted by Gasteiger charge is -2.40. The molecule has 0 amide bonds. The largest absolute Gasteiger partial charge is 0.478 e. The van der Waals surface area contributed by atoms with Crippen LogP contribution in [0.4, 0.5) is 13.2 Å². The van der Waals surface area contributed by atoms with Gasteiger partial charge in [0.05, 0.1) is 35.6 Å². The van der Waals surface area contributed by atoms with Crippen molar-refractivity contribution in [3.63, 3.8) is 0 Å². The van der Waals surface area contributed by atoms with Crippen LogP contribution in [-0.2, 0) is 17.5 Å². The molecule has 6 nitrogen and oxygen atoms in total. The lowest BCUT2D eigenvalue weighted by molar-refractivity contribution is -0.137. The van der Waals surface area contributed by atoms with E-state index in [4.69, 9.17) is 4.74 Å². The molecular weight excluding hydrogens is 471 g/mol. The Balaban J connectivity index is 1.52. The number of ether oxygens (including phenoxy) is 1. The van der Waals surface area contributed by atoms with E-state index in [9.17, 15) is 23.1 Å². The standard InChI is InChI=1S/C27H28F3N3O3/c28-27(29,30)19-5-3-4-18(16-19)25-22(24(26(34)35)21-6-1-2-7-23(21)31-25)17-32-10-8-20(9-11-32)33-12-14-36-15-13-33/h1-7,16,20H,8-15,17H2,(H,34,35). The SMILES string of the molecule is O=C(O)c1c(CN2CCC(N3CCOCC3)CC2)c(-c2cccc(C(F)(F)F)c2)nc2ccccc12. The van der Waals surface area contributed by atoms with Crippen molar-refractivity contribution in [2.24, 2.45) is 0 Å². The molecule has 0 spiro atoms. The van der Waals surface area contributed by atoms with Gasteiger partial charge < -0.3 is 9.84 Å². The predicted molar refractivity (Wildman–Crippen MR) is 130 cm³/mol. The number of hydrogen-bond acceptors (Lipinski definition) is 5. The Morgan fingerprint density at radius 3 is 2.44 bits per heavy atom.